The van der Waals surface area contributed by atoms with Crippen LogP contribution in [-0.4, -0.2) is 51.3 Å². The van der Waals surface area contributed by atoms with E-state index in [9.17, 15) is 0 Å². The van der Waals surface area contributed by atoms with Gasteiger partial charge in [-0.15, -0.1) is 12.4 Å². The predicted octanol–water partition coefficient (Wildman–Crippen LogP) is 0.761. The fraction of sp³-hybridized carbons (Fsp3) is 0.462. The molecule has 0 aliphatic carbocycles. The monoisotopic (exact) mass is 320 g/mol. The lowest BCUT2D eigenvalue weighted by molar-refractivity contribution is -0.122. The fourth-order valence-electron chi connectivity index (χ4n) is 1.45. The molecule has 0 atom stereocenters. The summed E-state index contributed by atoms with van der Waals surface area (Å²) in [6.45, 7) is 0.181. The molecule has 0 saturated carbocycles. The molecule has 0 aliphatic rings. The number of methoxy groups -OCH3 is 2. The number of hydrogen-bond acceptors (Lipinski definition) is 6. The Bertz CT molecular complexity index is 441. The second kappa shape index (κ2) is 10.2. The van der Waals surface area contributed by atoms with Crippen LogP contribution in [0, 0.1) is 5.41 Å². The molecule has 0 amide bonds. The van der Waals surface area contributed by atoms with E-state index in [-0.39, 0.29) is 38.1 Å². The minimum absolute atomic E-state index is 0. The van der Waals surface area contributed by atoms with Crippen LogP contribution < -0.4 is 15.2 Å². The molecular formula is C13H21ClN2O5. The van der Waals surface area contributed by atoms with E-state index in [0.717, 1.165) is 0 Å². The van der Waals surface area contributed by atoms with Gasteiger partial charge in [-0.2, -0.15) is 0 Å². The first-order valence-electron chi connectivity index (χ1n) is 6.02. The largest absolute Gasteiger partial charge is 0.487 e. The van der Waals surface area contributed by atoms with E-state index in [0.29, 0.717) is 17.1 Å². The Morgan fingerprint density at radius 1 is 1.24 bits per heavy atom. The van der Waals surface area contributed by atoms with Gasteiger partial charge in [0.15, 0.2) is 17.8 Å². The smallest absolute Gasteiger partial charge is 0.191 e. The van der Waals surface area contributed by atoms with Gasteiger partial charge in [-0.3, -0.25) is 5.41 Å². The third-order valence-corrected chi connectivity index (χ3v) is 2.50. The van der Waals surface area contributed by atoms with Crippen molar-refractivity contribution in [2.75, 3.05) is 34.0 Å². The van der Waals surface area contributed by atoms with Gasteiger partial charge in [0.05, 0.1) is 6.61 Å². The molecule has 0 aliphatic heterocycles. The lowest BCUT2D eigenvalue weighted by atomic mass is 10.2. The van der Waals surface area contributed by atoms with Crippen LogP contribution in [0.15, 0.2) is 18.2 Å². The second-order valence-electron chi connectivity index (χ2n) is 3.86. The lowest BCUT2D eigenvalue weighted by Gasteiger charge is -2.17. The highest BCUT2D eigenvalue weighted by Crippen LogP contribution is 2.28. The highest BCUT2D eigenvalue weighted by molar-refractivity contribution is 5.95. The first-order chi connectivity index (χ1) is 9.62. The molecule has 0 aromatic heterocycles. The lowest BCUT2D eigenvalue weighted by Crippen LogP contribution is -2.22. The first kappa shape index (κ1) is 19.5. The molecule has 120 valence electrons. The van der Waals surface area contributed by atoms with Crippen molar-refractivity contribution in [2.24, 2.45) is 5.73 Å². The summed E-state index contributed by atoms with van der Waals surface area (Å²) in [5, 5.41) is 16.2. The number of rotatable bonds is 9. The van der Waals surface area contributed by atoms with Crippen LogP contribution in [0.4, 0.5) is 0 Å². The molecule has 0 fully saturated rings. The van der Waals surface area contributed by atoms with Crippen molar-refractivity contribution in [3.05, 3.63) is 23.8 Å². The molecule has 21 heavy (non-hydrogen) atoms. The number of nitrogens with two attached hydrogens (primary N) is 1. The molecule has 0 bridgehead atoms. The molecule has 0 unspecified atom stereocenters. The van der Waals surface area contributed by atoms with E-state index in [2.05, 4.69) is 0 Å². The van der Waals surface area contributed by atoms with Crippen LogP contribution in [0.2, 0.25) is 0 Å². The summed E-state index contributed by atoms with van der Waals surface area (Å²) in [6.07, 6.45) is -0.492. The quantitative estimate of drug-likeness (QED) is 0.352. The maximum absolute atomic E-state index is 8.82. The molecule has 8 heteroatoms. The number of amidine groups is 1. The van der Waals surface area contributed by atoms with Gasteiger partial charge in [-0.1, -0.05) is 0 Å². The van der Waals surface area contributed by atoms with Gasteiger partial charge >= 0.3 is 0 Å². The second-order valence-corrected chi connectivity index (χ2v) is 3.86. The SMILES string of the molecule is COC(COc1ccc(C(=N)N)cc1OCCO)OC.Cl. The van der Waals surface area contributed by atoms with Crippen LogP contribution in [0.5, 0.6) is 11.5 Å². The number of benzene rings is 1. The zero-order chi connectivity index (χ0) is 15.0. The molecule has 4 N–H and O–H groups in total. The standard InChI is InChI=1S/C13H20N2O5.ClH/c1-17-12(18-2)8-20-10-4-3-9(13(14)15)7-11(10)19-6-5-16;/h3-4,7,12,16H,5-6,8H2,1-2H3,(H3,14,15);1H. The van der Waals surface area contributed by atoms with Crippen molar-refractivity contribution in [3.8, 4) is 11.5 Å². The predicted molar refractivity (Wildman–Crippen MR) is 80.6 cm³/mol. The maximum atomic E-state index is 8.82. The van der Waals surface area contributed by atoms with Crippen molar-refractivity contribution in [1.82, 2.24) is 0 Å². The van der Waals surface area contributed by atoms with Gasteiger partial charge in [0, 0.05) is 19.8 Å². The summed E-state index contributed by atoms with van der Waals surface area (Å²) in [6, 6.07) is 4.88. The number of aliphatic hydroxyl groups is 1. The highest BCUT2D eigenvalue weighted by atomic mass is 35.5. The Hall–Kier alpha value is -1.54. The molecule has 0 saturated heterocycles. The number of halogens is 1. The molecule has 0 radical (unpaired) electrons. The third kappa shape index (κ3) is 6.17. The van der Waals surface area contributed by atoms with Crippen LogP contribution in [0.3, 0.4) is 0 Å². The van der Waals surface area contributed by atoms with Gasteiger partial charge in [0.1, 0.15) is 19.0 Å². The van der Waals surface area contributed by atoms with Crippen molar-refractivity contribution in [2.45, 2.75) is 6.29 Å². The van der Waals surface area contributed by atoms with Gasteiger partial charge in [-0.05, 0) is 18.2 Å². The van der Waals surface area contributed by atoms with E-state index < -0.39 is 6.29 Å². The molecule has 0 heterocycles. The Labute approximate surface area is 129 Å². The Morgan fingerprint density at radius 3 is 2.43 bits per heavy atom. The average molecular weight is 321 g/mol. The fourth-order valence-corrected chi connectivity index (χ4v) is 1.45. The minimum Gasteiger partial charge on any atom is -0.487 e. The van der Waals surface area contributed by atoms with Crippen molar-refractivity contribution >= 4 is 18.2 Å². The number of hydrogen-bond donors (Lipinski definition) is 3. The first-order valence-corrected chi connectivity index (χ1v) is 6.02. The van der Waals surface area contributed by atoms with E-state index in [1.165, 1.54) is 14.2 Å². The molecule has 7 nitrogen and oxygen atoms in total. The summed E-state index contributed by atoms with van der Waals surface area (Å²) in [5.74, 6) is 0.789. The van der Waals surface area contributed by atoms with E-state index >= 15 is 0 Å². The summed E-state index contributed by atoms with van der Waals surface area (Å²) < 4.78 is 21.0. The van der Waals surface area contributed by atoms with Crippen LogP contribution in [0.1, 0.15) is 5.56 Å². The van der Waals surface area contributed by atoms with E-state index in [1.54, 1.807) is 18.2 Å². The molecule has 1 rings (SSSR count). The molecular weight excluding hydrogens is 300 g/mol. The summed E-state index contributed by atoms with van der Waals surface area (Å²) in [5.41, 5.74) is 5.94. The average Bonchev–Trinajstić information content (AvgIpc) is 2.46. The number of nitrogens with one attached hydrogen (secondary N) is 1. The van der Waals surface area contributed by atoms with Crippen molar-refractivity contribution in [1.29, 1.82) is 5.41 Å². The zero-order valence-electron chi connectivity index (χ0n) is 12.0. The van der Waals surface area contributed by atoms with E-state index in [4.69, 9.17) is 35.2 Å². The Morgan fingerprint density at radius 2 is 1.90 bits per heavy atom. The third-order valence-electron chi connectivity index (χ3n) is 2.50. The Kier molecular flexibility index (Phi) is 9.48. The van der Waals surface area contributed by atoms with Gasteiger partial charge < -0.3 is 29.8 Å². The molecule has 0 spiro atoms. The summed E-state index contributed by atoms with van der Waals surface area (Å²) >= 11 is 0. The normalized spacial score (nSPS) is 10.1. The highest BCUT2D eigenvalue weighted by Gasteiger charge is 2.11. The topological polar surface area (TPSA) is 107 Å². The summed E-state index contributed by atoms with van der Waals surface area (Å²) in [7, 11) is 3.03. The van der Waals surface area contributed by atoms with Crippen molar-refractivity contribution in [3.63, 3.8) is 0 Å². The van der Waals surface area contributed by atoms with Crippen molar-refractivity contribution < 1.29 is 24.1 Å². The van der Waals surface area contributed by atoms with Crippen LogP contribution in [0.25, 0.3) is 0 Å². The molecule has 1 aromatic rings. The van der Waals surface area contributed by atoms with Gasteiger partial charge in [0.25, 0.3) is 0 Å². The van der Waals surface area contributed by atoms with Crippen LogP contribution in [-0.2, 0) is 9.47 Å². The van der Waals surface area contributed by atoms with E-state index in [1.807, 2.05) is 0 Å². The maximum Gasteiger partial charge on any atom is 0.191 e. The minimum atomic E-state index is -0.492. The number of ether oxygens (including phenoxy) is 4. The van der Waals surface area contributed by atoms with Crippen LogP contribution >= 0.6 is 12.4 Å². The zero-order valence-corrected chi connectivity index (χ0v) is 12.8. The summed E-state index contributed by atoms with van der Waals surface area (Å²) in [4.78, 5) is 0. The Balaban J connectivity index is 0.00000400. The van der Waals surface area contributed by atoms with Gasteiger partial charge in [-0.25, -0.2) is 0 Å². The number of aliphatic hydroxyl groups excluding tert-OH is 1. The molecule has 1 aromatic carbocycles. The number of nitrogen functional groups attached to an aromatic ring is 1. The van der Waals surface area contributed by atoms with Gasteiger partial charge in [0.2, 0.25) is 0 Å².